The van der Waals surface area contributed by atoms with Gasteiger partial charge in [0.2, 0.25) is 5.91 Å². The minimum absolute atomic E-state index is 0.133. The molecule has 2 aliphatic heterocycles. The lowest BCUT2D eigenvalue weighted by Gasteiger charge is -2.45. The molecule has 0 saturated heterocycles. The van der Waals surface area contributed by atoms with Gasteiger partial charge in [0.05, 0.1) is 24.2 Å². The molecular weight excluding hydrogens is 610 g/mol. The molecule has 5 atom stereocenters. The van der Waals surface area contributed by atoms with E-state index in [2.05, 4.69) is 40.0 Å². The smallest absolute Gasteiger partial charge is 0.286 e. The number of nitrogens with zero attached hydrogens (tertiary/aromatic N) is 2. The number of hydrogen-bond donors (Lipinski definition) is 1. The third-order valence-corrected chi connectivity index (χ3v) is 11.9. The van der Waals surface area contributed by atoms with Gasteiger partial charge in [-0.2, -0.15) is 0 Å². The maximum Gasteiger partial charge on any atom is 0.286 e. The van der Waals surface area contributed by atoms with Crippen LogP contribution in [0.3, 0.4) is 0 Å². The highest BCUT2D eigenvalue weighted by molar-refractivity contribution is 7.92. The van der Waals surface area contributed by atoms with Crippen molar-refractivity contribution >= 4 is 39.0 Å². The van der Waals surface area contributed by atoms with Crippen LogP contribution in [0.25, 0.3) is 0 Å². The standard InChI is InChI=1S/C35H48ClN3O5S/c1-5-10-24-19-27(36)14-16-29(24)35(3)22-39-21-26-12-15-28(26)31(43-4)11-8-7-9-18-45(42,37-33(40)6-2)38-34(41)25-13-17-32(44-23-35)30(39)20-25/h13-14,16-17,19-20,26,28,31H,5-12,15,18,21-23H2,1-4H3,(H,37,38,40,41,42)/t26-,28+,31-,35-,45-/m0/s1. The van der Waals surface area contributed by atoms with Crippen molar-refractivity contribution in [2.45, 2.75) is 90.1 Å². The molecule has 10 heteroatoms. The third-order valence-electron chi connectivity index (χ3n) is 9.82. The maximum atomic E-state index is 13.8. The van der Waals surface area contributed by atoms with E-state index in [1.807, 2.05) is 25.3 Å². The van der Waals surface area contributed by atoms with Crippen LogP contribution < -0.4 is 14.4 Å². The number of anilines is 1. The van der Waals surface area contributed by atoms with Crippen LogP contribution in [0.15, 0.2) is 40.8 Å². The molecule has 1 fully saturated rings. The van der Waals surface area contributed by atoms with Gasteiger partial charge in [-0.3, -0.25) is 14.3 Å². The van der Waals surface area contributed by atoms with Gasteiger partial charge >= 0.3 is 0 Å². The topological polar surface area (TPSA) is 97.3 Å². The lowest BCUT2D eigenvalue weighted by atomic mass is 9.69. The second kappa shape index (κ2) is 14.4. The maximum absolute atomic E-state index is 13.8. The molecule has 3 aliphatic rings. The molecule has 246 valence electrons. The van der Waals surface area contributed by atoms with Crippen molar-refractivity contribution in [3.05, 3.63) is 58.1 Å². The fourth-order valence-electron chi connectivity index (χ4n) is 7.24. The summed E-state index contributed by atoms with van der Waals surface area (Å²) in [4.78, 5) is 28.3. The Kier molecular flexibility index (Phi) is 10.8. The van der Waals surface area contributed by atoms with E-state index in [0.717, 1.165) is 62.2 Å². The Labute approximate surface area is 273 Å². The molecule has 2 bridgehead atoms. The largest absolute Gasteiger partial charge is 0.490 e. The van der Waals surface area contributed by atoms with Crippen LogP contribution in [0.1, 0.15) is 93.6 Å². The van der Waals surface area contributed by atoms with Crippen LogP contribution in [0.5, 0.6) is 5.75 Å². The van der Waals surface area contributed by atoms with Crippen LogP contribution in [0.2, 0.25) is 5.02 Å². The molecule has 1 saturated carbocycles. The summed E-state index contributed by atoms with van der Waals surface area (Å²) in [5.41, 5.74) is 3.28. The second-order valence-corrected chi connectivity index (χ2v) is 15.7. The molecule has 0 aromatic heterocycles. The number of benzene rings is 2. The summed E-state index contributed by atoms with van der Waals surface area (Å²) in [5.74, 6) is 0.760. The first-order chi connectivity index (χ1) is 21.6. The summed E-state index contributed by atoms with van der Waals surface area (Å²) in [6.45, 7) is 8.10. The van der Waals surface area contributed by atoms with Gasteiger partial charge in [-0.05, 0) is 85.4 Å². The Morgan fingerprint density at radius 3 is 2.69 bits per heavy atom. The van der Waals surface area contributed by atoms with Crippen molar-refractivity contribution < 1.29 is 23.3 Å². The lowest BCUT2D eigenvalue weighted by molar-refractivity contribution is -0.118. The van der Waals surface area contributed by atoms with Gasteiger partial charge in [-0.15, -0.1) is 4.36 Å². The van der Waals surface area contributed by atoms with Gasteiger partial charge in [-0.25, -0.2) is 4.21 Å². The number of methoxy groups -OCH3 is 1. The number of carbonyl (C=O) groups excluding carboxylic acids is 2. The Morgan fingerprint density at radius 1 is 1.16 bits per heavy atom. The number of carbonyl (C=O) groups is 2. The number of aryl methyl sites for hydroxylation is 1. The van der Waals surface area contributed by atoms with E-state index < -0.39 is 15.8 Å². The summed E-state index contributed by atoms with van der Waals surface area (Å²) in [6, 6.07) is 11.5. The first-order valence-corrected chi connectivity index (χ1v) is 18.6. The van der Waals surface area contributed by atoms with Crippen molar-refractivity contribution in [3.63, 3.8) is 0 Å². The van der Waals surface area contributed by atoms with Crippen molar-refractivity contribution in [3.8, 4) is 5.75 Å². The Balaban J connectivity index is 1.59. The van der Waals surface area contributed by atoms with Crippen molar-refractivity contribution in [2.75, 3.05) is 37.5 Å². The highest BCUT2D eigenvalue weighted by Crippen LogP contribution is 2.45. The van der Waals surface area contributed by atoms with Crippen molar-refractivity contribution in [1.29, 1.82) is 0 Å². The molecule has 2 amide bonds. The molecular formula is C35H48ClN3O5S. The number of rotatable bonds is 6. The Bertz CT molecular complexity index is 1520. The predicted octanol–water partition coefficient (Wildman–Crippen LogP) is 7.11. The fraction of sp³-hybridized carbons (Fsp3) is 0.600. The van der Waals surface area contributed by atoms with E-state index >= 15 is 0 Å². The zero-order valence-corrected chi connectivity index (χ0v) is 28.7. The minimum atomic E-state index is -3.28. The number of nitrogens with one attached hydrogen (secondary N) is 1. The molecule has 1 aliphatic carbocycles. The normalized spacial score (nSPS) is 29.0. The lowest BCUT2D eigenvalue weighted by Crippen LogP contribution is -2.48. The first-order valence-electron chi connectivity index (χ1n) is 16.5. The molecule has 8 nitrogen and oxygen atoms in total. The number of ether oxygens (including phenoxy) is 2. The second-order valence-electron chi connectivity index (χ2n) is 13.2. The molecule has 2 aromatic carbocycles. The van der Waals surface area contributed by atoms with Crippen LogP contribution in [0.4, 0.5) is 5.69 Å². The van der Waals surface area contributed by atoms with E-state index in [1.54, 1.807) is 13.0 Å². The minimum Gasteiger partial charge on any atom is -0.490 e. The molecule has 5 rings (SSSR count). The fourth-order valence-corrected chi connectivity index (χ4v) is 9.14. The third kappa shape index (κ3) is 7.68. The molecule has 0 unspecified atom stereocenters. The van der Waals surface area contributed by atoms with Crippen LogP contribution >= 0.6 is 11.6 Å². The predicted molar refractivity (Wildman–Crippen MR) is 181 cm³/mol. The first kappa shape index (κ1) is 33.7. The summed E-state index contributed by atoms with van der Waals surface area (Å²) in [5, 5.41) is 0.732. The van der Waals surface area contributed by atoms with E-state index in [1.165, 1.54) is 11.1 Å². The highest BCUT2D eigenvalue weighted by atomic mass is 35.5. The van der Waals surface area contributed by atoms with Gasteiger partial charge in [0.1, 0.15) is 15.7 Å². The van der Waals surface area contributed by atoms with E-state index in [4.69, 9.17) is 21.1 Å². The summed E-state index contributed by atoms with van der Waals surface area (Å²) >= 11 is 6.46. The van der Waals surface area contributed by atoms with Crippen molar-refractivity contribution in [2.24, 2.45) is 16.2 Å². The summed E-state index contributed by atoms with van der Waals surface area (Å²) < 4.78 is 33.2. The van der Waals surface area contributed by atoms with Gasteiger partial charge < -0.3 is 14.4 Å². The molecule has 45 heavy (non-hydrogen) atoms. The van der Waals surface area contributed by atoms with Crippen molar-refractivity contribution in [1.82, 2.24) is 4.72 Å². The number of amides is 2. The van der Waals surface area contributed by atoms with Gasteiger partial charge in [0, 0.05) is 42.6 Å². The van der Waals surface area contributed by atoms with E-state index in [0.29, 0.717) is 42.7 Å². The molecule has 1 N–H and O–H groups in total. The quantitative estimate of drug-likeness (QED) is 0.356. The van der Waals surface area contributed by atoms with E-state index in [9.17, 15) is 13.8 Å². The van der Waals surface area contributed by atoms with Gasteiger partial charge in [-0.1, -0.05) is 57.7 Å². The Morgan fingerprint density at radius 2 is 1.98 bits per heavy atom. The monoisotopic (exact) mass is 657 g/mol. The molecule has 2 heterocycles. The average molecular weight is 658 g/mol. The van der Waals surface area contributed by atoms with Crippen LogP contribution in [-0.4, -0.2) is 54.7 Å². The number of fused-ring (bicyclic) bond motifs is 2. The SMILES string of the molecule is CCCc1cc(Cl)ccc1[C@]1(C)COc2ccc3cc2N(C[C@@H]2CC[C@H]2[C@@H](OC)CCCCC[S@](=O)(NC(=O)CC)=NC3=O)C1. The average Bonchev–Trinajstić information content (AvgIpc) is 3.14. The zero-order valence-electron chi connectivity index (χ0n) is 27.1. The zero-order chi connectivity index (χ0) is 32.2. The molecule has 0 spiro atoms. The van der Waals surface area contributed by atoms with Crippen LogP contribution in [-0.2, 0) is 31.3 Å². The Hall–Kier alpha value is -2.62. The number of hydrogen-bond acceptors (Lipinski definition) is 6. The summed E-state index contributed by atoms with van der Waals surface area (Å²) in [7, 11) is -1.47. The van der Waals surface area contributed by atoms with Gasteiger partial charge in [0.25, 0.3) is 5.91 Å². The highest BCUT2D eigenvalue weighted by Gasteiger charge is 2.42. The van der Waals surface area contributed by atoms with Gasteiger partial charge in [0.15, 0.2) is 0 Å². The summed E-state index contributed by atoms with van der Waals surface area (Å²) in [6.07, 6.45) is 7.76. The molecule has 2 aromatic rings. The molecule has 0 radical (unpaired) electrons. The number of halogens is 1. The van der Waals surface area contributed by atoms with Crippen LogP contribution in [0, 0.1) is 11.8 Å². The van der Waals surface area contributed by atoms with E-state index in [-0.39, 0.29) is 29.6 Å².